The molecule has 0 aliphatic carbocycles. The summed E-state index contributed by atoms with van der Waals surface area (Å²) in [6.07, 6.45) is 4.67. The fourth-order valence-corrected chi connectivity index (χ4v) is 1.41. The summed E-state index contributed by atoms with van der Waals surface area (Å²) in [6, 6.07) is -0.132. The topological polar surface area (TPSA) is 55.1 Å². The Kier molecular flexibility index (Phi) is 7.39. The van der Waals surface area contributed by atoms with Crippen LogP contribution in [-0.4, -0.2) is 18.0 Å². The molecule has 90 valence electrons. The van der Waals surface area contributed by atoms with Gasteiger partial charge in [-0.05, 0) is 19.3 Å². The smallest absolute Gasteiger partial charge is 0.237 e. The van der Waals surface area contributed by atoms with E-state index in [1.807, 2.05) is 20.8 Å². The van der Waals surface area contributed by atoms with E-state index in [9.17, 15) is 4.79 Å². The van der Waals surface area contributed by atoms with Crippen molar-refractivity contribution < 1.29 is 4.79 Å². The van der Waals surface area contributed by atoms with Gasteiger partial charge >= 0.3 is 0 Å². The highest BCUT2D eigenvalue weighted by molar-refractivity contribution is 5.81. The molecule has 0 saturated carbocycles. The van der Waals surface area contributed by atoms with Gasteiger partial charge in [0, 0.05) is 6.04 Å². The lowest BCUT2D eigenvalue weighted by Gasteiger charge is -2.19. The molecule has 0 aliphatic rings. The van der Waals surface area contributed by atoms with Crippen molar-refractivity contribution in [2.24, 2.45) is 11.7 Å². The second-order valence-corrected chi connectivity index (χ2v) is 4.68. The summed E-state index contributed by atoms with van der Waals surface area (Å²) in [5.41, 5.74) is 5.75. The molecule has 1 amide bonds. The van der Waals surface area contributed by atoms with Crippen LogP contribution in [0.3, 0.4) is 0 Å². The minimum absolute atomic E-state index is 0.0194. The van der Waals surface area contributed by atoms with Gasteiger partial charge in [0.2, 0.25) is 5.91 Å². The fourth-order valence-electron chi connectivity index (χ4n) is 1.41. The molecule has 3 nitrogen and oxygen atoms in total. The number of nitrogens with one attached hydrogen (secondary N) is 1. The molecule has 15 heavy (non-hydrogen) atoms. The summed E-state index contributed by atoms with van der Waals surface area (Å²) in [5.74, 6) is 0.182. The predicted molar refractivity (Wildman–Crippen MR) is 64.6 cm³/mol. The number of hydrogen-bond donors (Lipinski definition) is 2. The number of carbonyl (C=O) groups is 1. The van der Waals surface area contributed by atoms with Crippen molar-refractivity contribution in [1.82, 2.24) is 5.32 Å². The van der Waals surface area contributed by atoms with E-state index in [1.165, 1.54) is 19.3 Å². The Morgan fingerprint density at radius 1 is 1.27 bits per heavy atom. The average molecular weight is 214 g/mol. The molecule has 0 aliphatic heterocycles. The highest BCUT2D eigenvalue weighted by Crippen LogP contribution is 2.04. The normalized spacial score (nSPS) is 15.1. The van der Waals surface area contributed by atoms with Crippen molar-refractivity contribution in [3.63, 3.8) is 0 Å². The van der Waals surface area contributed by atoms with Crippen LogP contribution >= 0.6 is 0 Å². The standard InChI is InChI=1S/C12H26N2O/c1-5-6-7-8-10(4)14-12(15)11(13)9(2)3/h9-11H,5-8,13H2,1-4H3,(H,14,15)/t10?,11-/m0/s1. The van der Waals surface area contributed by atoms with Gasteiger partial charge < -0.3 is 11.1 Å². The van der Waals surface area contributed by atoms with Crippen LogP contribution in [0.15, 0.2) is 0 Å². The molecule has 0 aromatic heterocycles. The molecule has 3 heteroatoms. The maximum atomic E-state index is 11.6. The van der Waals surface area contributed by atoms with E-state index >= 15 is 0 Å². The van der Waals surface area contributed by atoms with Crippen LogP contribution < -0.4 is 11.1 Å². The molecule has 0 bridgehead atoms. The molecule has 0 saturated heterocycles. The molecule has 1 unspecified atom stereocenters. The molecule has 0 aromatic rings. The van der Waals surface area contributed by atoms with E-state index in [-0.39, 0.29) is 23.9 Å². The minimum atomic E-state index is -0.376. The van der Waals surface area contributed by atoms with E-state index in [0.29, 0.717) is 0 Å². The molecule has 0 rings (SSSR count). The first kappa shape index (κ1) is 14.4. The lowest BCUT2D eigenvalue weighted by Crippen LogP contribution is -2.47. The van der Waals surface area contributed by atoms with Gasteiger partial charge in [-0.3, -0.25) is 4.79 Å². The molecule has 0 fully saturated rings. The number of unbranched alkanes of at least 4 members (excludes halogenated alkanes) is 2. The molecular formula is C12H26N2O. The van der Waals surface area contributed by atoms with Gasteiger partial charge in [0.25, 0.3) is 0 Å². The second-order valence-electron chi connectivity index (χ2n) is 4.68. The summed E-state index contributed by atoms with van der Waals surface area (Å²) < 4.78 is 0. The lowest BCUT2D eigenvalue weighted by atomic mass is 10.0. The Labute approximate surface area is 93.8 Å². The molecule has 2 atom stereocenters. The Hall–Kier alpha value is -0.570. The van der Waals surface area contributed by atoms with Gasteiger partial charge in [0.05, 0.1) is 6.04 Å². The van der Waals surface area contributed by atoms with Crippen LogP contribution in [0.1, 0.15) is 53.4 Å². The van der Waals surface area contributed by atoms with Crippen molar-refractivity contribution in [2.45, 2.75) is 65.5 Å². The Morgan fingerprint density at radius 3 is 2.33 bits per heavy atom. The SMILES string of the molecule is CCCCCC(C)NC(=O)[C@@H](N)C(C)C. The molecule has 3 N–H and O–H groups in total. The zero-order valence-corrected chi connectivity index (χ0v) is 10.5. The lowest BCUT2D eigenvalue weighted by molar-refractivity contribution is -0.123. The van der Waals surface area contributed by atoms with Crippen LogP contribution in [0, 0.1) is 5.92 Å². The first-order chi connectivity index (χ1) is 6.99. The summed E-state index contributed by atoms with van der Waals surface area (Å²) in [5, 5.41) is 2.96. The van der Waals surface area contributed by atoms with Gasteiger partial charge in [-0.2, -0.15) is 0 Å². The third kappa shape index (κ3) is 6.50. The molecular weight excluding hydrogens is 188 g/mol. The average Bonchev–Trinajstić information content (AvgIpc) is 2.16. The molecule has 0 heterocycles. The Bertz CT molecular complexity index is 180. The highest BCUT2D eigenvalue weighted by atomic mass is 16.2. The third-order valence-corrected chi connectivity index (χ3v) is 2.65. The number of nitrogens with two attached hydrogens (primary N) is 1. The zero-order valence-electron chi connectivity index (χ0n) is 10.5. The maximum absolute atomic E-state index is 11.6. The van der Waals surface area contributed by atoms with Crippen LogP contribution in [0.2, 0.25) is 0 Å². The van der Waals surface area contributed by atoms with Crippen molar-refractivity contribution >= 4 is 5.91 Å². The molecule has 0 aromatic carbocycles. The number of carbonyl (C=O) groups excluding carboxylic acids is 1. The van der Waals surface area contributed by atoms with Crippen molar-refractivity contribution in [2.75, 3.05) is 0 Å². The summed E-state index contributed by atoms with van der Waals surface area (Å²) in [4.78, 5) is 11.6. The van der Waals surface area contributed by atoms with E-state index in [2.05, 4.69) is 12.2 Å². The first-order valence-electron chi connectivity index (χ1n) is 6.05. The van der Waals surface area contributed by atoms with E-state index in [0.717, 1.165) is 6.42 Å². The maximum Gasteiger partial charge on any atom is 0.237 e. The third-order valence-electron chi connectivity index (χ3n) is 2.65. The van der Waals surface area contributed by atoms with E-state index < -0.39 is 0 Å². The monoisotopic (exact) mass is 214 g/mol. The quantitative estimate of drug-likeness (QED) is 0.637. The van der Waals surface area contributed by atoms with Gasteiger partial charge in [0.15, 0.2) is 0 Å². The number of hydrogen-bond acceptors (Lipinski definition) is 2. The number of rotatable bonds is 7. The molecule has 0 radical (unpaired) electrons. The fraction of sp³-hybridized carbons (Fsp3) is 0.917. The predicted octanol–water partition coefficient (Wildman–Crippen LogP) is 2.05. The van der Waals surface area contributed by atoms with Crippen molar-refractivity contribution in [3.05, 3.63) is 0 Å². The minimum Gasteiger partial charge on any atom is -0.352 e. The summed E-state index contributed by atoms with van der Waals surface area (Å²) in [7, 11) is 0. The van der Waals surface area contributed by atoms with Gasteiger partial charge in [0.1, 0.15) is 0 Å². The van der Waals surface area contributed by atoms with Crippen LogP contribution in [0.4, 0.5) is 0 Å². The van der Waals surface area contributed by atoms with Crippen molar-refractivity contribution in [1.29, 1.82) is 0 Å². The second kappa shape index (κ2) is 7.69. The first-order valence-corrected chi connectivity index (χ1v) is 6.05. The number of amides is 1. The van der Waals surface area contributed by atoms with Gasteiger partial charge in [-0.25, -0.2) is 0 Å². The van der Waals surface area contributed by atoms with E-state index in [4.69, 9.17) is 5.73 Å². The Morgan fingerprint density at radius 2 is 1.87 bits per heavy atom. The van der Waals surface area contributed by atoms with Gasteiger partial charge in [-0.1, -0.05) is 40.0 Å². The van der Waals surface area contributed by atoms with Crippen LogP contribution in [-0.2, 0) is 4.79 Å². The summed E-state index contributed by atoms with van der Waals surface area (Å²) in [6.45, 7) is 8.15. The largest absolute Gasteiger partial charge is 0.352 e. The van der Waals surface area contributed by atoms with Crippen molar-refractivity contribution in [3.8, 4) is 0 Å². The van der Waals surface area contributed by atoms with E-state index in [1.54, 1.807) is 0 Å². The zero-order chi connectivity index (χ0) is 11.8. The molecule has 0 spiro atoms. The van der Waals surface area contributed by atoms with Gasteiger partial charge in [-0.15, -0.1) is 0 Å². The van der Waals surface area contributed by atoms with Crippen LogP contribution in [0.25, 0.3) is 0 Å². The summed E-state index contributed by atoms with van der Waals surface area (Å²) >= 11 is 0. The highest BCUT2D eigenvalue weighted by Gasteiger charge is 2.18. The van der Waals surface area contributed by atoms with Crippen LogP contribution in [0.5, 0.6) is 0 Å². The Balaban J connectivity index is 3.75.